The van der Waals surface area contributed by atoms with Gasteiger partial charge in [-0.1, -0.05) is 57.2 Å². The molecule has 5 N–H and O–H groups in total. The van der Waals surface area contributed by atoms with Crippen LogP contribution in [0, 0.1) is 34.5 Å². The number of allylic oxidation sites excluding steroid dienone is 1. The molecule has 2 aromatic rings. The zero-order valence-corrected chi connectivity index (χ0v) is 26.6. The lowest BCUT2D eigenvalue weighted by Crippen LogP contribution is -2.66. The topological polar surface area (TPSA) is 165 Å². The van der Waals surface area contributed by atoms with Crippen molar-refractivity contribution < 1.29 is 38.9 Å². The molecule has 2 saturated carbocycles. The number of Topliss-reactive ketones (excluding diaryl/α,β-unsaturated/α-hetero) is 1. The third kappa shape index (κ3) is 4.52. The van der Waals surface area contributed by atoms with E-state index in [9.17, 15) is 29.4 Å². The normalized spacial score (nSPS) is 33.7. The number of ketones is 1. The zero-order valence-electron chi connectivity index (χ0n) is 26.6. The molecule has 1 amide bonds. The van der Waals surface area contributed by atoms with Gasteiger partial charge in [0.1, 0.15) is 12.7 Å². The number of anilines is 2. The number of carbonyl (C=O) groups is 4. The lowest BCUT2D eigenvalue weighted by Gasteiger charge is -2.49. The smallest absolute Gasteiger partial charge is 0.340 e. The monoisotopic (exact) mass is 628 g/mol. The Morgan fingerprint density at radius 1 is 1.07 bits per heavy atom. The second-order valence-electron chi connectivity index (χ2n) is 13.9. The van der Waals surface area contributed by atoms with Gasteiger partial charge in [0.15, 0.2) is 17.5 Å². The SMILES string of the molecule is CC(=O)OCC1=C[C@H]2C(=O)[C@]3(C=C(C)[C@H](O)[C@]3(O)[C@@H]1OC(=O)c1ccccc1NC(=O)c1ccccc1N)[C@H](C)C[C@@H]1[C@H]2C1(C)C. The molecule has 1 spiro atoms. The summed E-state index contributed by atoms with van der Waals surface area (Å²) in [6, 6.07) is 12.7. The van der Waals surface area contributed by atoms with E-state index < -0.39 is 52.9 Å². The van der Waals surface area contributed by atoms with Gasteiger partial charge in [-0.05, 0) is 66.4 Å². The van der Waals surface area contributed by atoms with Gasteiger partial charge in [0.2, 0.25) is 0 Å². The number of amides is 1. The fourth-order valence-electron chi connectivity index (χ4n) is 8.58. The molecular weight excluding hydrogens is 588 g/mol. The van der Waals surface area contributed by atoms with Crippen LogP contribution in [0.15, 0.2) is 71.8 Å². The highest BCUT2D eigenvalue weighted by atomic mass is 16.6. The number of ether oxygens (including phenoxy) is 2. The van der Waals surface area contributed by atoms with Crippen molar-refractivity contribution in [3.05, 3.63) is 83.0 Å². The molecule has 0 radical (unpaired) electrons. The maximum absolute atomic E-state index is 14.7. The lowest BCUT2D eigenvalue weighted by atomic mass is 9.59. The van der Waals surface area contributed by atoms with Crippen molar-refractivity contribution in [3.8, 4) is 0 Å². The molecule has 46 heavy (non-hydrogen) atoms. The number of fused-ring (bicyclic) bond motifs is 3. The van der Waals surface area contributed by atoms with E-state index in [1.165, 1.54) is 19.1 Å². The van der Waals surface area contributed by atoms with Crippen molar-refractivity contribution in [1.82, 2.24) is 0 Å². The molecule has 0 aromatic heterocycles. The number of benzene rings is 2. The first kappa shape index (κ1) is 31.7. The Morgan fingerprint density at radius 2 is 1.72 bits per heavy atom. The highest BCUT2D eigenvalue weighted by Crippen LogP contribution is 2.71. The first-order valence-electron chi connectivity index (χ1n) is 15.6. The first-order valence-corrected chi connectivity index (χ1v) is 15.6. The molecule has 8 atom stereocenters. The summed E-state index contributed by atoms with van der Waals surface area (Å²) < 4.78 is 11.6. The quantitative estimate of drug-likeness (QED) is 0.210. The molecule has 0 aliphatic heterocycles. The van der Waals surface area contributed by atoms with Crippen LogP contribution in [0.1, 0.15) is 61.8 Å². The van der Waals surface area contributed by atoms with E-state index in [4.69, 9.17) is 15.2 Å². The lowest BCUT2D eigenvalue weighted by molar-refractivity contribution is -0.191. The Morgan fingerprint density at radius 3 is 2.39 bits per heavy atom. The molecule has 2 fully saturated rings. The molecular formula is C36H40N2O8. The fraction of sp³-hybridized carbons (Fsp3) is 0.444. The molecule has 10 heteroatoms. The van der Waals surface area contributed by atoms with Crippen LogP contribution in [0.3, 0.4) is 0 Å². The van der Waals surface area contributed by atoms with Gasteiger partial charge in [-0.3, -0.25) is 14.4 Å². The Labute approximate surface area is 267 Å². The van der Waals surface area contributed by atoms with Crippen LogP contribution >= 0.6 is 0 Å². The summed E-state index contributed by atoms with van der Waals surface area (Å²) >= 11 is 0. The fourth-order valence-corrected chi connectivity index (χ4v) is 8.58. The summed E-state index contributed by atoms with van der Waals surface area (Å²) in [5.74, 6) is -3.23. The average Bonchev–Trinajstić information content (AvgIpc) is 3.51. The van der Waals surface area contributed by atoms with Crippen LogP contribution in [-0.4, -0.2) is 58.3 Å². The number of rotatable bonds is 6. The van der Waals surface area contributed by atoms with Gasteiger partial charge in [-0.2, -0.15) is 0 Å². The van der Waals surface area contributed by atoms with Crippen LogP contribution < -0.4 is 11.1 Å². The minimum Gasteiger partial charge on any atom is -0.461 e. The summed E-state index contributed by atoms with van der Waals surface area (Å²) in [6.07, 6.45) is 0.843. The molecule has 6 rings (SSSR count). The van der Waals surface area contributed by atoms with E-state index in [0.717, 1.165) is 0 Å². The summed E-state index contributed by atoms with van der Waals surface area (Å²) in [7, 11) is 0. The predicted octanol–water partition coefficient (Wildman–Crippen LogP) is 4.09. The number of carbonyl (C=O) groups excluding carboxylic acids is 4. The molecule has 0 heterocycles. The number of hydrogen-bond acceptors (Lipinski definition) is 9. The highest BCUT2D eigenvalue weighted by molar-refractivity contribution is 6.10. The van der Waals surface area contributed by atoms with Crippen LogP contribution in [0.25, 0.3) is 0 Å². The minimum atomic E-state index is -2.30. The zero-order chi connectivity index (χ0) is 33.3. The third-order valence-electron chi connectivity index (χ3n) is 11.0. The van der Waals surface area contributed by atoms with Crippen molar-refractivity contribution in [2.24, 2.45) is 34.5 Å². The van der Waals surface area contributed by atoms with Crippen molar-refractivity contribution >= 4 is 35.0 Å². The van der Waals surface area contributed by atoms with Gasteiger partial charge in [0.05, 0.1) is 22.2 Å². The number of hydrogen-bond donors (Lipinski definition) is 4. The van der Waals surface area contributed by atoms with Crippen molar-refractivity contribution in [2.75, 3.05) is 17.7 Å². The maximum atomic E-state index is 14.7. The predicted molar refractivity (Wildman–Crippen MR) is 169 cm³/mol. The van der Waals surface area contributed by atoms with E-state index in [1.54, 1.807) is 55.5 Å². The van der Waals surface area contributed by atoms with Crippen molar-refractivity contribution in [3.63, 3.8) is 0 Å². The first-order chi connectivity index (χ1) is 21.7. The van der Waals surface area contributed by atoms with Gasteiger partial charge in [-0.25, -0.2) is 4.79 Å². The number of nitrogen functional groups attached to an aromatic ring is 1. The van der Waals surface area contributed by atoms with Gasteiger partial charge in [0, 0.05) is 24.1 Å². The molecule has 242 valence electrons. The largest absolute Gasteiger partial charge is 0.461 e. The number of nitrogens with one attached hydrogen (secondary N) is 1. The van der Waals surface area contributed by atoms with Crippen LogP contribution in [0.5, 0.6) is 0 Å². The molecule has 2 aromatic carbocycles. The summed E-state index contributed by atoms with van der Waals surface area (Å²) in [5.41, 5.74) is 3.13. The van der Waals surface area contributed by atoms with E-state index in [2.05, 4.69) is 19.2 Å². The van der Waals surface area contributed by atoms with Gasteiger partial charge in [-0.15, -0.1) is 0 Å². The Hall–Kier alpha value is -4.28. The molecule has 0 saturated heterocycles. The molecule has 2 bridgehead atoms. The second-order valence-corrected chi connectivity index (χ2v) is 13.9. The van der Waals surface area contributed by atoms with E-state index in [0.29, 0.717) is 12.0 Å². The molecule has 10 nitrogen and oxygen atoms in total. The Kier molecular flexibility index (Phi) is 7.52. The average molecular weight is 629 g/mol. The molecule has 0 unspecified atom stereocenters. The number of nitrogens with two attached hydrogens (primary N) is 1. The Balaban J connectivity index is 1.45. The van der Waals surface area contributed by atoms with E-state index in [-0.39, 0.29) is 57.7 Å². The number of para-hydroxylation sites is 2. The summed E-state index contributed by atoms with van der Waals surface area (Å²) in [6.45, 7) is 8.65. The van der Waals surface area contributed by atoms with Crippen LogP contribution in [-0.2, 0) is 19.1 Å². The van der Waals surface area contributed by atoms with Gasteiger partial charge >= 0.3 is 11.9 Å². The number of aliphatic hydroxyl groups is 2. The number of esters is 2. The Bertz CT molecular complexity index is 1710. The third-order valence-corrected chi connectivity index (χ3v) is 11.0. The summed E-state index contributed by atoms with van der Waals surface area (Å²) in [4.78, 5) is 54.0. The summed E-state index contributed by atoms with van der Waals surface area (Å²) in [5, 5.41) is 27.3. The van der Waals surface area contributed by atoms with Crippen molar-refractivity contribution in [1.29, 1.82) is 0 Å². The van der Waals surface area contributed by atoms with Crippen LogP contribution in [0.2, 0.25) is 0 Å². The van der Waals surface area contributed by atoms with Gasteiger partial charge in [0.25, 0.3) is 5.91 Å². The van der Waals surface area contributed by atoms with E-state index >= 15 is 0 Å². The maximum Gasteiger partial charge on any atom is 0.340 e. The van der Waals surface area contributed by atoms with Gasteiger partial charge < -0.3 is 30.7 Å². The molecule has 4 aliphatic rings. The number of aliphatic hydroxyl groups excluding tert-OH is 1. The molecule has 4 aliphatic carbocycles. The standard InChI is InChI=1S/C36H40N2O8/c1-18-16-35-19(2)14-25-28(34(25,4)5)24(30(35)41)15-21(17-45-20(3)39)31(36(35,44)29(18)40)46-33(43)23-11-7-9-13-27(23)38-32(42)22-10-6-8-12-26(22)37/h6-13,15-16,19,24-25,28-29,31,40,44H,14,17,37H2,1-5H3,(H,38,42)/t19-,24-,25-,28+,29+,31-,35+,36+/m1/s1. The minimum absolute atomic E-state index is 0.0285. The van der Waals surface area contributed by atoms with Crippen molar-refractivity contribution in [2.45, 2.75) is 58.8 Å². The second kappa shape index (κ2) is 10.9. The van der Waals surface area contributed by atoms with E-state index in [1.807, 2.05) is 6.92 Å². The van der Waals surface area contributed by atoms with Crippen LogP contribution in [0.4, 0.5) is 11.4 Å². The highest BCUT2D eigenvalue weighted by Gasteiger charge is 2.76.